The summed E-state index contributed by atoms with van der Waals surface area (Å²) in [6.07, 6.45) is 0. The maximum absolute atomic E-state index is 11.8. The van der Waals surface area contributed by atoms with Crippen molar-refractivity contribution in [1.82, 2.24) is 10.1 Å². The fourth-order valence-electron chi connectivity index (χ4n) is 1.35. The molecular weight excluding hydrogens is 302 g/mol. The summed E-state index contributed by atoms with van der Waals surface area (Å²) in [4.78, 5) is 24.8. The van der Waals surface area contributed by atoms with Gasteiger partial charge < -0.3 is 14.7 Å². The van der Waals surface area contributed by atoms with E-state index in [4.69, 9.17) is 4.52 Å². The summed E-state index contributed by atoms with van der Waals surface area (Å²) >= 11 is 3.25. The Balaban J connectivity index is 2.53. The van der Waals surface area contributed by atoms with Crippen LogP contribution >= 0.6 is 15.9 Å². The molecule has 0 bridgehead atoms. The number of halogens is 1. The molecule has 0 aliphatic rings. The van der Waals surface area contributed by atoms with Gasteiger partial charge in [-0.15, -0.1) is 0 Å². The molecule has 0 saturated heterocycles. The summed E-state index contributed by atoms with van der Waals surface area (Å²) < 4.78 is 4.13. The van der Waals surface area contributed by atoms with Crippen LogP contribution in [0.2, 0.25) is 0 Å². The van der Waals surface area contributed by atoms with E-state index in [0.717, 1.165) is 0 Å². The number of anilines is 1. The second-order valence-corrected chi connectivity index (χ2v) is 6.49. The molecular formula is C11H16BrN3O3. The van der Waals surface area contributed by atoms with Gasteiger partial charge >= 0.3 is 0 Å². The number of carbonyl (C=O) groups excluding carboxylic acids is 2. The highest BCUT2D eigenvalue weighted by Crippen LogP contribution is 2.18. The minimum Gasteiger partial charge on any atom is -0.360 e. The van der Waals surface area contributed by atoms with Crippen LogP contribution in [0.3, 0.4) is 0 Å². The van der Waals surface area contributed by atoms with Crippen molar-refractivity contribution in [3.63, 3.8) is 0 Å². The number of nitrogens with zero attached hydrogens (tertiary/aromatic N) is 2. The van der Waals surface area contributed by atoms with Gasteiger partial charge in [0.1, 0.15) is 5.76 Å². The van der Waals surface area contributed by atoms with E-state index in [1.165, 1.54) is 4.90 Å². The van der Waals surface area contributed by atoms with Crippen LogP contribution in [0.15, 0.2) is 10.6 Å². The van der Waals surface area contributed by atoms with Crippen LogP contribution in [0.5, 0.6) is 0 Å². The highest BCUT2D eigenvalue weighted by molar-refractivity contribution is 9.10. The number of aromatic nitrogens is 1. The average molecular weight is 318 g/mol. The number of likely N-dealkylation sites (N-methyl/N-ethyl adjacent to an activating group) is 1. The third kappa shape index (κ3) is 4.14. The summed E-state index contributed by atoms with van der Waals surface area (Å²) in [5.41, 5.74) is 0. The Morgan fingerprint density at radius 3 is 2.61 bits per heavy atom. The Bertz CT molecular complexity index is 451. The van der Waals surface area contributed by atoms with E-state index < -0.39 is 4.32 Å². The van der Waals surface area contributed by atoms with Crippen LogP contribution in [0, 0.1) is 6.92 Å². The molecule has 6 nitrogen and oxygen atoms in total. The van der Waals surface area contributed by atoms with Crippen molar-refractivity contribution in [2.45, 2.75) is 25.1 Å². The van der Waals surface area contributed by atoms with Crippen LogP contribution in [0.1, 0.15) is 19.6 Å². The van der Waals surface area contributed by atoms with E-state index in [2.05, 4.69) is 26.4 Å². The molecule has 18 heavy (non-hydrogen) atoms. The molecule has 0 atom stereocenters. The van der Waals surface area contributed by atoms with Gasteiger partial charge in [-0.2, -0.15) is 0 Å². The quantitative estimate of drug-likeness (QED) is 0.855. The van der Waals surface area contributed by atoms with Gasteiger partial charge in [0, 0.05) is 13.1 Å². The number of alkyl halides is 1. The summed E-state index contributed by atoms with van der Waals surface area (Å²) in [7, 11) is 1.57. The van der Waals surface area contributed by atoms with Crippen molar-refractivity contribution < 1.29 is 14.1 Å². The van der Waals surface area contributed by atoms with E-state index in [-0.39, 0.29) is 18.4 Å². The lowest BCUT2D eigenvalue weighted by Gasteiger charge is -2.23. The fraction of sp³-hybridized carbons (Fsp3) is 0.545. The summed E-state index contributed by atoms with van der Waals surface area (Å²) in [5, 5.41) is 6.18. The zero-order valence-corrected chi connectivity index (χ0v) is 12.4. The zero-order chi connectivity index (χ0) is 13.9. The maximum atomic E-state index is 11.8. The standard InChI is InChI=1S/C11H16BrN3O3/c1-7-5-8(14-18-7)13-9(16)6-15(4)10(17)11(2,3)12/h5H,6H2,1-4H3,(H,13,14,16). The number of aryl methyl sites for hydroxylation is 1. The number of amides is 2. The second kappa shape index (κ2) is 5.51. The Morgan fingerprint density at radius 2 is 2.17 bits per heavy atom. The molecule has 1 aromatic heterocycles. The topological polar surface area (TPSA) is 75.4 Å². The van der Waals surface area contributed by atoms with Crippen LogP contribution in [-0.4, -0.2) is 39.8 Å². The van der Waals surface area contributed by atoms with Gasteiger partial charge in [-0.3, -0.25) is 9.59 Å². The molecule has 0 aliphatic carbocycles. The summed E-state index contributed by atoms with van der Waals surface area (Å²) in [6, 6.07) is 1.61. The SMILES string of the molecule is Cc1cc(NC(=O)CN(C)C(=O)C(C)(C)Br)no1. The maximum Gasteiger partial charge on any atom is 0.245 e. The molecule has 0 spiro atoms. The highest BCUT2D eigenvalue weighted by atomic mass is 79.9. The molecule has 0 saturated carbocycles. The molecule has 0 radical (unpaired) electrons. The third-order valence-electron chi connectivity index (χ3n) is 2.13. The lowest BCUT2D eigenvalue weighted by molar-refractivity contribution is -0.134. The lowest BCUT2D eigenvalue weighted by atomic mass is 10.2. The average Bonchev–Trinajstić information content (AvgIpc) is 2.61. The largest absolute Gasteiger partial charge is 0.360 e. The van der Waals surface area contributed by atoms with Gasteiger partial charge in [0.25, 0.3) is 0 Å². The molecule has 0 aromatic carbocycles. The number of hydrogen-bond acceptors (Lipinski definition) is 4. The molecule has 0 unspecified atom stereocenters. The Labute approximate surface area is 114 Å². The predicted molar refractivity (Wildman–Crippen MR) is 70.5 cm³/mol. The van der Waals surface area contributed by atoms with Crippen molar-refractivity contribution in [3.05, 3.63) is 11.8 Å². The molecule has 2 amide bonds. The van der Waals surface area contributed by atoms with E-state index >= 15 is 0 Å². The van der Waals surface area contributed by atoms with Crippen molar-refractivity contribution in [2.24, 2.45) is 0 Å². The minimum atomic E-state index is -0.688. The second-order valence-electron chi connectivity index (χ2n) is 4.50. The number of hydrogen-bond donors (Lipinski definition) is 1. The first-order chi connectivity index (χ1) is 8.20. The fourth-order valence-corrected chi connectivity index (χ4v) is 1.65. The molecule has 7 heteroatoms. The van der Waals surface area contributed by atoms with Crippen molar-refractivity contribution in [2.75, 3.05) is 18.9 Å². The van der Waals surface area contributed by atoms with Gasteiger partial charge in [0.15, 0.2) is 5.82 Å². The first-order valence-electron chi connectivity index (χ1n) is 5.38. The molecule has 1 heterocycles. The summed E-state index contributed by atoms with van der Waals surface area (Å²) in [5.74, 6) is 0.456. The third-order valence-corrected chi connectivity index (χ3v) is 2.47. The smallest absolute Gasteiger partial charge is 0.245 e. The minimum absolute atomic E-state index is 0.0419. The normalized spacial score (nSPS) is 11.2. The molecule has 1 N–H and O–H groups in total. The van der Waals surface area contributed by atoms with Gasteiger partial charge in [-0.1, -0.05) is 21.1 Å². The molecule has 0 aliphatic heterocycles. The van der Waals surface area contributed by atoms with Crippen LogP contribution in [-0.2, 0) is 9.59 Å². The van der Waals surface area contributed by atoms with Crippen molar-refractivity contribution in [1.29, 1.82) is 0 Å². The number of nitrogens with one attached hydrogen (secondary N) is 1. The van der Waals surface area contributed by atoms with Gasteiger partial charge in [-0.25, -0.2) is 0 Å². The highest BCUT2D eigenvalue weighted by Gasteiger charge is 2.28. The van der Waals surface area contributed by atoms with E-state index in [9.17, 15) is 9.59 Å². The van der Waals surface area contributed by atoms with Gasteiger partial charge in [-0.05, 0) is 20.8 Å². The number of rotatable bonds is 4. The molecule has 0 fully saturated rings. The first kappa shape index (κ1) is 14.7. The van der Waals surface area contributed by atoms with Crippen molar-refractivity contribution in [3.8, 4) is 0 Å². The predicted octanol–water partition coefficient (Wildman–Crippen LogP) is 1.55. The van der Waals surface area contributed by atoms with E-state index in [1.807, 2.05) is 0 Å². The summed E-state index contributed by atoms with van der Waals surface area (Å²) in [6.45, 7) is 5.14. The van der Waals surface area contributed by atoms with E-state index in [0.29, 0.717) is 11.6 Å². The Morgan fingerprint density at radius 1 is 1.56 bits per heavy atom. The zero-order valence-electron chi connectivity index (χ0n) is 10.8. The lowest BCUT2D eigenvalue weighted by Crippen LogP contribution is -2.42. The monoisotopic (exact) mass is 317 g/mol. The van der Waals surface area contributed by atoms with Gasteiger partial charge in [0.2, 0.25) is 11.8 Å². The van der Waals surface area contributed by atoms with Gasteiger partial charge in [0.05, 0.1) is 10.9 Å². The van der Waals surface area contributed by atoms with Crippen LogP contribution in [0.25, 0.3) is 0 Å². The molecule has 1 aromatic rings. The Hall–Kier alpha value is -1.37. The molecule has 1 rings (SSSR count). The van der Waals surface area contributed by atoms with Crippen LogP contribution in [0.4, 0.5) is 5.82 Å². The van der Waals surface area contributed by atoms with Crippen LogP contribution < -0.4 is 5.32 Å². The van der Waals surface area contributed by atoms with Crippen molar-refractivity contribution >= 4 is 33.6 Å². The van der Waals surface area contributed by atoms with E-state index in [1.54, 1.807) is 33.9 Å². The molecule has 100 valence electrons. The number of carbonyl (C=O) groups is 2. The first-order valence-corrected chi connectivity index (χ1v) is 6.17. The Kier molecular flexibility index (Phi) is 4.50.